The molecule has 0 saturated heterocycles. The van der Waals surface area contributed by atoms with Gasteiger partial charge in [0.1, 0.15) is 13.2 Å². The Labute approximate surface area is 438 Å². The SMILES string of the molecule is CC\C=C/C=C\C=C/C=C\C=C\C=C/CCCCCC(=O)OCC(COC(=O)CCCCCCC/C=C\CCCCCCCCCCC)OC(=O)CCCCCCC/C=C\CCCCCCCCCCC. The summed E-state index contributed by atoms with van der Waals surface area (Å²) in [5.74, 6) is -0.955. The molecule has 0 rings (SSSR count). The van der Waals surface area contributed by atoms with Crippen molar-refractivity contribution in [3.05, 3.63) is 97.2 Å². The highest BCUT2D eigenvalue weighted by Gasteiger charge is 2.19. The fraction of sp³-hybridized carbons (Fsp3) is 0.708. The summed E-state index contributed by atoms with van der Waals surface area (Å²) < 4.78 is 16.8. The topological polar surface area (TPSA) is 78.9 Å². The van der Waals surface area contributed by atoms with E-state index in [2.05, 4.69) is 57.2 Å². The Bertz CT molecular complexity index is 1410. The van der Waals surface area contributed by atoms with Gasteiger partial charge in [0.2, 0.25) is 0 Å². The minimum atomic E-state index is -0.806. The van der Waals surface area contributed by atoms with E-state index >= 15 is 0 Å². The molecule has 0 N–H and O–H groups in total. The molecule has 406 valence electrons. The molecule has 0 aromatic carbocycles. The predicted octanol–water partition coefficient (Wildman–Crippen LogP) is 20.1. The Morgan fingerprint density at radius 1 is 0.296 bits per heavy atom. The largest absolute Gasteiger partial charge is 0.462 e. The first-order valence-corrected chi connectivity index (χ1v) is 29.8. The summed E-state index contributed by atoms with van der Waals surface area (Å²) in [7, 11) is 0. The highest BCUT2D eigenvalue weighted by atomic mass is 16.6. The summed E-state index contributed by atoms with van der Waals surface area (Å²) in [4.78, 5) is 38.2. The van der Waals surface area contributed by atoms with Gasteiger partial charge in [-0.3, -0.25) is 14.4 Å². The van der Waals surface area contributed by atoms with Crippen molar-refractivity contribution in [1.29, 1.82) is 0 Å². The van der Waals surface area contributed by atoms with Crippen molar-refractivity contribution in [2.24, 2.45) is 0 Å². The van der Waals surface area contributed by atoms with Gasteiger partial charge in [-0.2, -0.15) is 0 Å². The van der Waals surface area contributed by atoms with Gasteiger partial charge in [-0.1, -0.05) is 266 Å². The van der Waals surface area contributed by atoms with Crippen molar-refractivity contribution in [2.75, 3.05) is 13.2 Å². The maximum atomic E-state index is 12.9. The molecule has 0 amide bonds. The average molecular weight is 988 g/mol. The molecule has 1 atom stereocenters. The van der Waals surface area contributed by atoms with Crippen LogP contribution >= 0.6 is 0 Å². The Balaban J connectivity index is 4.49. The van der Waals surface area contributed by atoms with E-state index in [0.29, 0.717) is 19.3 Å². The van der Waals surface area contributed by atoms with Crippen molar-refractivity contribution < 1.29 is 28.6 Å². The molecule has 0 aromatic heterocycles. The Kier molecular flexibility index (Phi) is 55.9. The minimum Gasteiger partial charge on any atom is -0.462 e. The summed E-state index contributed by atoms with van der Waals surface area (Å²) in [6.07, 6.45) is 78.3. The molecular weight excluding hydrogens is 877 g/mol. The highest BCUT2D eigenvalue weighted by molar-refractivity contribution is 5.71. The van der Waals surface area contributed by atoms with Crippen LogP contribution in [0.3, 0.4) is 0 Å². The van der Waals surface area contributed by atoms with Gasteiger partial charge in [0, 0.05) is 19.3 Å². The number of hydrogen-bond acceptors (Lipinski definition) is 6. The monoisotopic (exact) mass is 987 g/mol. The lowest BCUT2D eigenvalue weighted by Crippen LogP contribution is -2.30. The van der Waals surface area contributed by atoms with E-state index in [9.17, 15) is 14.4 Å². The summed E-state index contributed by atoms with van der Waals surface area (Å²) >= 11 is 0. The number of carbonyl (C=O) groups is 3. The van der Waals surface area contributed by atoms with E-state index in [4.69, 9.17) is 14.2 Å². The Morgan fingerprint density at radius 3 is 0.915 bits per heavy atom. The second kappa shape index (κ2) is 58.9. The van der Waals surface area contributed by atoms with Crippen molar-refractivity contribution in [1.82, 2.24) is 0 Å². The van der Waals surface area contributed by atoms with Crippen LogP contribution in [0.4, 0.5) is 0 Å². The zero-order valence-electron chi connectivity index (χ0n) is 46.5. The lowest BCUT2D eigenvalue weighted by molar-refractivity contribution is -0.167. The summed E-state index contributed by atoms with van der Waals surface area (Å²) in [5, 5.41) is 0. The van der Waals surface area contributed by atoms with E-state index in [0.717, 1.165) is 89.9 Å². The van der Waals surface area contributed by atoms with Crippen LogP contribution in [0.5, 0.6) is 0 Å². The molecular formula is C65H110O6. The second-order valence-corrected chi connectivity index (χ2v) is 19.7. The molecule has 1 unspecified atom stereocenters. The van der Waals surface area contributed by atoms with Gasteiger partial charge in [-0.05, 0) is 89.9 Å². The van der Waals surface area contributed by atoms with E-state index in [1.807, 2.05) is 60.8 Å². The lowest BCUT2D eigenvalue weighted by Gasteiger charge is -2.18. The lowest BCUT2D eigenvalue weighted by atomic mass is 10.1. The van der Waals surface area contributed by atoms with Crippen LogP contribution in [0.2, 0.25) is 0 Å². The number of rotatable bonds is 53. The number of hydrogen-bond donors (Lipinski definition) is 0. The molecule has 0 aliphatic carbocycles. The maximum absolute atomic E-state index is 12.9. The molecule has 0 spiro atoms. The van der Waals surface area contributed by atoms with E-state index in [1.165, 1.54) is 148 Å². The molecule has 0 saturated carbocycles. The third kappa shape index (κ3) is 57.1. The van der Waals surface area contributed by atoms with Crippen LogP contribution < -0.4 is 0 Å². The van der Waals surface area contributed by atoms with Crippen LogP contribution in [0, 0.1) is 0 Å². The molecule has 0 aliphatic rings. The fourth-order valence-electron chi connectivity index (χ4n) is 8.23. The van der Waals surface area contributed by atoms with E-state index in [-0.39, 0.29) is 31.1 Å². The molecule has 0 bridgehead atoms. The number of unbranched alkanes of at least 4 members (excludes halogenated alkanes) is 31. The van der Waals surface area contributed by atoms with E-state index in [1.54, 1.807) is 0 Å². The summed E-state index contributed by atoms with van der Waals surface area (Å²) in [6, 6.07) is 0. The van der Waals surface area contributed by atoms with Gasteiger partial charge in [-0.25, -0.2) is 0 Å². The van der Waals surface area contributed by atoms with Gasteiger partial charge in [0.15, 0.2) is 6.10 Å². The number of allylic oxidation sites excluding steroid dienone is 16. The number of carbonyl (C=O) groups excluding carboxylic acids is 3. The minimum absolute atomic E-state index is 0.0998. The van der Waals surface area contributed by atoms with Gasteiger partial charge >= 0.3 is 17.9 Å². The van der Waals surface area contributed by atoms with Crippen LogP contribution in [0.15, 0.2) is 97.2 Å². The molecule has 0 heterocycles. The summed E-state index contributed by atoms with van der Waals surface area (Å²) in [6.45, 7) is 6.46. The van der Waals surface area contributed by atoms with Crippen LogP contribution in [-0.4, -0.2) is 37.2 Å². The maximum Gasteiger partial charge on any atom is 0.306 e. The van der Waals surface area contributed by atoms with Crippen molar-refractivity contribution in [2.45, 2.75) is 284 Å². The van der Waals surface area contributed by atoms with Crippen LogP contribution in [0.1, 0.15) is 278 Å². The molecule has 0 aromatic rings. The Hall–Kier alpha value is -3.67. The zero-order chi connectivity index (χ0) is 51.4. The van der Waals surface area contributed by atoms with Gasteiger partial charge in [0.05, 0.1) is 0 Å². The molecule has 6 heteroatoms. The van der Waals surface area contributed by atoms with Crippen LogP contribution in [-0.2, 0) is 28.6 Å². The first-order valence-electron chi connectivity index (χ1n) is 29.8. The van der Waals surface area contributed by atoms with Crippen molar-refractivity contribution in [3.8, 4) is 0 Å². The zero-order valence-corrected chi connectivity index (χ0v) is 46.5. The first-order chi connectivity index (χ1) is 35.0. The van der Waals surface area contributed by atoms with E-state index < -0.39 is 6.10 Å². The quantitative estimate of drug-likeness (QED) is 0.0199. The fourth-order valence-corrected chi connectivity index (χ4v) is 8.23. The molecule has 0 aliphatic heterocycles. The molecule has 0 radical (unpaired) electrons. The number of esters is 3. The second-order valence-electron chi connectivity index (χ2n) is 19.7. The first kappa shape index (κ1) is 67.3. The molecule has 6 nitrogen and oxygen atoms in total. The standard InChI is InChI=1S/C65H110O6/c1-4-7-10-13-16-19-22-25-28-31-34-37-40-43-46-49-52-55-58-64(67)70-61-62(60-69-63(66)57-54-51-48-45-42-39-36-33-30-27-24-21-18-15-12-9-6-3)71-65(68)59-56-53-50-47-44-41-38-35-32-29-26-23-20-17-14-11-8-5-2/h9,12,15,18,21,24,27,30,33-39,42,62H,4-8,10-11,13-14,16-17,19-20,22-23,25-26,28-29,31-32,40-41,43-61H2,1-3H3/b12-9-,18-15-,24-21-,30-27-,36-33+,37-34-,38-35-,42-39-. The predicted molar refractivity (Wildman–Crippen MR) is 307 cm³/mol. The van der Waals surface area contributed by atoms with Gasteiger partial charge in [-0.15, -0.1) is 0 Å². The van der Waals surface area contributed by atoms with Crippen molar-refractivity contribution >= 4 is 17.9 Å². The smallest absolute Gasteiger partial charge is 0.306 e. The van der Waals surface area contributed by atoms with Gasteiger partial charge in [0.25, 0.3) is 0 Å². The Morgan fingerprint density at radius 2 is 0.563 bits per heavy atom. The third-order valence-electron chi connectivity index (χ3n) is 12.7. The highest BCUT2D eigenvalue weighted by Crippen LogP contribution is 2.15. The van der Waals surface area contributed by atoms with Crippen molar-refractivity contribution in [3.63, 3.8) is 0 Å². The molecule has 0 fully saturated rings. The number of ether oxygens (including phenoxy) is 3. The average Bonchev–Trinajstić information content (AvgIpc) is 3.37. The third-order valence-corrected chi connectivity index (χ3v) is 12.7. The normalized spacial score (nSPS) is 12.8. The van der Waals surface area contributed by atoms with Crippen LogP contribution in [0.25, 0.3) is 0 Å². The summed E-state index contributed by atoms with van der Waals surface area (Å²) in [5.41, 5.74) is 0. The van der Waals surface area contributed by atoms with Gasteiger partial charge < -0.3 is 14.2 Å². The molecule has 71 heavy (non-hydrogen) atoms.